The summed E-state index contributed by atoms with van der Waals surface area (Å²) in [6.07, 6.45) is -1.00. The fourth-order valence-electron chi connectivity index (χ4n) is 2.77. The van der Waals surface area contributed by atoms with Crippen molar-refractivity contribution < 1.29 is 23.8 Å². The summed E-state index contributed by atoms with van der Waals surface area (Å²) in [5.74, 6) is -0.0692. The minimum atomic E-state index is -1.00. The van der Waals surface area contributed by atoms with E-state index in [1.807, 2.05) is 6.92 Å². The Balaban J connectivity index is 1.67. The van der Waals surface area contributed by atoms with Crippen molar-refractivity contribution in [1.29, 1.82) is 0 Å². The molecule has 9 nitrogen and oxygen atoms in total. The molecule has 0 spiro atoms. The van der Waals surface area contributed by atoms with E-state index in [0.717, 1.165) is 5.52 Å². The third-order valence-electron chi connectivity index (χ3n) is 4.35. The smallest absolute Gasteiger partial charge is 0.338 e. The van der Waals surface area contributed by atoms with Crippen molar-refractivity contribution in [3.8, 4) is 11.5 Å². The SMILES string of the molecule is CCn1nnc2cc(C(=O)O[C@@H](C)C(=O)Nc3ccc(OC)c(OC)c3)ccc21. The van der Waals surface area contributed by atoms with Gasteiger partial charge in [-0.25, -0.2) is 9.48 Å². The van der Waals surface area contributed by atoms with Gasteiger partial charge in [0.25, 0.3) is 5.91 Å². The summed E-state index contributed by atoms with van der Waals surface area (Å²) in [5, 5.41) is 10.7. The van der Waals surface area contributed by atoms with Gasteiger partial charge in [0, 0.05) is 18.3 Å². The zero-order valence-electron chi connectivity index (χ0n) is 16.6. The van der Waals surface area contributed by atoms with Crippen molar-refractivity contribution in [3.63, 3.8) is 0 Å². The van der Waals surface area contributed by atoms with Crippen LogP contribution in [-0.2, 0) is 16.1 Å². The van der Waals surface area contributed by atoms with Gasteiger partial charge in [-0.15, -0.1) is 5.10 Å². The number of methoxy groups -OCH3 is 2. The summed E-state index contributed by atoms with van der Waals surface area (Å²) in [6.45, 7) is 4.13. The standard InChI is InChI=1S/C20H22N4O5/c1-5-24-16-8-6-13(10-15(16)22-23-24)20(26)29-12(2)19(25)21-14-7-9-17(27-3)18(11-14)28-4/h6-12H,5H2,1-4H3,(H,21,25)/t12-/m0/s1. The largest absolute Gasteiger partial charge is 0.493 e. The lowest BCUT2D eigenvalue weighted by Crippen LogP contribution is -2.30. The van der Waals surface area contributed by atoms with Gasteiger partial charge in [-0.3, -0.25) is 4.79 Å². The predicted octanol–water partition coefficient (Wildman–Crippen LogP) is 2.65. The number of carbonyl (C=O) groups excluding carboxylic acids is 2. The number of nitrogens with one attached hydrogen (secondary N) is 1. The molecular weight excluding hydrogens is 376 g/mol. The van der Waals surface area contributed by atoms with Crippen LogP contribution in [0.3, 0.4) is 0 Å². The number of amides is 1. The van der Waals surface area contributed by atoms with Crippen molar-refractivity contribution in [2.75, 3.05) is 19.5 Å². The number of hydrogen-bond acceptors (Lipinski definition) is 7. The predicted molar refractivity (Wildman–Crippen MR) is 106 cm³/mol. The number of benzene rings is 2. The van der Waals surface area contributed by atoms with Gasteiger partial charge in [0.05, 0.1) is 25.3 Å². The summed E-state index contributed by atoms with van der Waals surface area (Å²) in [7, 11) is 3.03. The molecule has 0 aliphatic heterocycles. The summed E-state index contributed by atoms with van der Waals surface area (Å²) >= 11 is 0. The van der Waals surface area contributed by atoms with Crippen LogP contribution in [-0.4, -0.2) is 47.2 Å². The second-order valence-electron chi connectivity index (χ2n) is 6.22. The molecule has 3 aromatic rings. The number of esters is 1. The summed E-state index contributed by atoms with van der Waals surface area (Å²) in [4.78, 5) is 24.8. The van der Waals surface area contributed by atoms with E-state index in [2.05, 4.69) is 15.6 Å². The molecule has 1 heterocycles. The lowest BCUT2D eigenvalue weighted by atomic mass is 10.2. The number of anilines is 1. The summed E-state index contributed by atoms with van der Waals surface area (Å²) in [5.41, 5.74) is 2.20. The van der Waals surface area contributed by atoms with Gasteiger partial charge >= 0.3 is 5.97 Å². The van der Waals surface area contributed by atoms with Crippen molar-refractivity contribution in [3.05, 3.63) is 42.0 Å². The monoisotopic (exact) mass is 398 g/mol. The van der Waals surface area contributed by atoms with Gasteiger partial charge in [-0.05, 0) is 44.2 Å². The molecule has 1 amide bonds. The average Bonchev–Trinajstić information content (AvgIpc) is 3.15. The molecule has 0 saturated carbocycles. The van der Waals surface area contributed by atoms with E-state index in [1.165, 1.54) is 21.1 Å². The number of fused-ring (bicyclic) bond motifs is 1. The van der Waals surface area contributed by atoms with E-state index in [4.69, 9.17) is 14.2 Å². The number of nitrogens with zero attached hydrogens (tertiary/aromatic N) is 3. The molecule has 0 unspecified atom stereocenters. The average molecular weight is 398 g/mol. The zero-order valence-corrected chi connectivity index (χ0v) is 16.6. The first-order valence-corrected chi connectivity index (χ1v) is 9.04. The Morgan fingerprint density at radius 1 is 1.10 bits per heavy atom. The zero-order chi connectivity index (χ0) is 21.0. The van der Waals surface area contributed by atoms with Crippen LogP contribution in [0, 0.1) is 0 Å². The van der Waals surface area contributed by atoms with E-state index in [-0.39, 0.29) is 0 Å². The van der Waals surface area contributed by atoms with Gasteiger partial charge in [0.2, 0.25) is 0 Å². The van der Waals surface area contributed by atoms with Gasteiger partial charge < -0.3 is 19.5 Å². The highest BCUT2D eigenvalue weighted by Gasteiger charge is 2.20. The van der Waals surface area contributed by atoms with Gasteiger partial charge in [0.1, 0.15) is 5.52 Å². The lowest BCUT2D eigenvalue weighted by molar-refractivity contribution is -0.123. The highest BCUT2D eigenvalue weighted by Crippen LogP contribution is 2.29. The Hall–Kier alpha value is -3.62. The fourth-order valence-corrected chi connectivity index (χ4v) is 2.77. The summed E-state index contributed by atoms with van der Waals surface area (Å²) in [6, 6.07) is 9.93. The number of aryl methyl sites for hydroxylation is 1. The van der Waals surface area contributed by atoms with Crippen LogP contribution in [0.4, 0.5) is 5.69 Å². The quantitative estimate of drug-likeness (QED) is 0.610. The maximum atomic E-state index is 12.4. The van der Waals surface area contributed by atoms with Crippen LogP contribution < -0.4 is 14.8 Å². The minimum Gasteiger partial charge on any atom is -0.493 e. The molecule has 1 atom stereocenters. The van der Waals surface area contributed by atoms with E-state index in [0.29, 0.717) is 34.8 Å². The first kappa shape index (κ1) is 20.1. The van der Waals surface area contributed by atoms with E-state index >= 15 is 0 Å². The Bertz CT molecular complexity index is 1050. The number of carbonyl (C=O) groups is 2. The second kappa shape index (κ2) is 8.59. The van der Waals surface area contributed by atoms with E-state index in [1.54, 1.807) is 41.1 Å². The molecule has 0 aliphatic rings. The van der Waals surface area contributed by atoms with Crippen LogP contribution in [0.2, 0.25) is 0 Å². The third kappa shape index (κ3) is 4.29. The molecule has 0 saturated heterocycles. The highest BCUT2D eigenvalue weighted by atomic mass is 16.5. The number of rotatable bonds is 7. The molecule has 2 aromatic carbocycles. The van der Waals surface area contributed by atoms with E-state index in [9.17, 15) is 9.59 Å². The molecule has 0 bridgehead atoms. The maximum absolute atomic E-state index is 12.4. The highest BCUT2D eigenvalue weighted by molar-refractivity contribution is 5.98. The van der Waals surface area contributed by atoms with Crippen LogP contribution in [0.15, 0.2) is 36.4 Å². The Morgan fingerprint density at radius 3 is 2.55 bits per heavy atom. The van der Waals surface area contributed by atoms with Crippen molar-refractivity contribution in [2.45, 2.75) is 26.5 Å². The Morgan fingerprint density at radius 2 is 1.86 bits per heavy atom. The van der Waals surface area contributed by atoms with Gasteiger partial charge in [-0.2, -0.15) is 0 Å². The van der Waals surface area contributed by atoms with Crippen molar-refractivity contribution >= 4 is 28.6 Å². The molecule has 152 valence electrons. The topological polar surface area (TPSA) is 105 Å². The van der Waals surface area contributed by atoms with E-state index < -0.39 is 18.0 Å². The molecule has 29 heavy (non-hydrogen) atoms. The molecule has 1 aromatic heterocycles. The molecule has 1 N–H and O–H groups in total. The first-order valence-electron chi connectivity index (χ1n) is 9.04. The van der Waals surface area contributed by atoms with Gasteiger partial charge in [-0.1, -0.05) is 5.21 Å². The molecule has 0 fully saturated rings. The number of hydrogen-bond donors (Lipinski definition) is 1. The second-order valence-corrected chi connectivity index (χ2v) is 6.22. The van der Waals surface area contributed by atoms with Crippen LogP contribution in [0.25, 0.3) is 11.0 Å². The maximum Gasteiger partial charge on any atom is 0.338 e. The van der Waals surface area contributed by atoms with Crippen LogP contribution >= 0.6 is 0 Å². The molecule has 0 aliphatic carbocycles. The third-order valence-corrected chi connectivity index (χ3v) is 4.35. The first-order chi connectivity index (χ1) is 14.0. The fraction of sp³-hybridized carbons (Fsp3) is 0.300. The molecule has 0 radical (unpaired) electrons. The molecule has 3 rings (SSSR count). The van der Waals surface area contributed by atoms with Gasteiger partial charge in [0.15, 0.2) is 17.6 Å². The number of aromatic nitrogens is 3. The Labute approximate surface area is 167 Å². The normalized spacial score (nSPS) is 11.7. The van der Waals surface area contributed by atoms with Crippen molar-refractivity contribution in [1.82, 2.24) is 15.0 Å². The Kier molecular flexibility index (Phi) is 5.96. The number of ether oxygens (including phenoxy) is 3. The molecular formula is C20H22N4O5. The van der Waals surface area contributed by atoms with Crippen LogP contribution in [0.5, 0.6) is 11.5 Å². The lowest BCUT2D eigenvalue weighted by Gasteiger charge is -2.15. The van der Waals surface area contributed by atoms with Crippen LogP contribution in [0.1, 0.15) is 24.2 Å². The van der Waals surface area contributed by atoms with Crippen molar-refractivity contribution in [2.24, 2.45) is 0 Å². The summed E-state index contributed by atoms with van der Waals surface area (Å²) < 4.78 is 17.4. The molecule has 9 heteroatoms. The minimum absolute atomic E-state index is 0.298.